The predicted molar refractivity (Wildman–Crippen MR) is 78.5 cm³/mol. The quantitative estimate of drug-likeness (QED) is 0.121. The van der Waals surface area contributed by atoms with Gasteiger partial charge >= 0.3 is 0 Å². The van der Waals surface area contributed by atoms with Crippen molar-refractivity contribution in [1.29, 1.82) is 0 Å². The standard InChI is InChI=1S/C18F12/c19-7-1-2(4-6(11(7)23)14(26)18(30)16(28)10(4)22)8(20)12(24)5-3(1)9(21)15(27)17(29)13(5)25. The molecular weight excluding hydrogens is 444 g/mol. The van der Waals surface area contributed by atoms with Crippen molar-refractivity contribution >= 4 is 32.3 Å². The first-order valence-corrected chi connectivity index (χ1v) is 7.52. The summed E-state index contributed by atoms with van der Waals surface area (Å²) in [6.07, 6.45) is 0. The van der Waals surface area contributed by atoms with E-state index in [1.165, 1.54) is 0 Å². The normalized spacial score (nSPS) is 12.0. The molecule has 4 aromatic rings. The molecule has 156 valence electrons. The van der Waals surface area contributed by atoms with Crippen molar-refractivity contribution < 1.29 is 52.7 Å². The summed E-state index contributed by atoms with van der Waals surface area (Å²) in [7, 11) is 0. The number of rotatable bonds is 0. The fourth-order valence-corrected chi connectivity index (χ4v) is 3.27. The Morgan fingerprint density at radius 1 is 0.167 bits per heavy atom. The van der Waals surface area contributed by atoms with Crippen molar-refractivity contribution in [2.75, 3.05) is 0 Å². The zero-order valence-corrected chi connectivity index (χ0v) is 13.5. The molecule has 0 amide bonds. The van der Waals surface area contributed by atoms with E-state index in [1.54, 1.807) is 0 Å². The molecular formula is C18F12. The highest BCUT2D eigenvalue weighted by Crippen LogP contribution is 2.44. The molecule has 0 nitrogen and oxygen atoms in total. The van der Waals surface area contributed by atoms with Gasteiger partial charge in [-0.2, -0.15) is 0 Å². The molecule has 0 fully saturated rings. The highest BCUT2D eigenvalue weighted by molar-refractivity contribution is 6.18. The van der Waals surface area contributed by atoms with E-state index in [4.69, 9.17) is 0 Å². The van der Waals surface area contributed by atoms with Crippen LogP contribution in [-0.2, 0) is 0 Å². The molecule has 12 heteroatoms. The van der Waals surface area contributed by atoms with Crippen LogP contribution in [0.2, 0.25) is 0 Å². The van der Waals surface area contributed by atoms with Gasteiger partial charge in [0.25, 0.3) is 0 Å². The highest BCUT2D eigenvalue weighted by Gasteiger charge is 2.34. The van der Waals surface area contributed by atoms with E-state index in [2.05, 4.69) is 0 Å². The molecule has 0 aliphatic rings. The van der Waals surface area contributed by atoms with Crippen molar-refractivity contribution in [3.63, 3.8) is 0 Å². The van der Waals surface area contributed by atoms with Crippen molar-refractivity contribution in [3.05, 3.63) is 69.8 Å². The second kappa shape index (κ2) is 6.16. The fourth-order valence-electron chi connectivity index (χ4n) is 3.27. The Balaban J connectivity index is 2.56. The van der Waals surface area contributed by atoms with E-state index in [1.807, 2.05) is 0 Å². The molecule has 0 N–H and O–H groups in total. The zero-order chi connectivity index (χ0) is 22.4. The maximum Gasteiger partial charge on any atom is 0.198 e. The molecule has 0 unspecified atom stereocenters. The Morgan fingerprint density at radius 2 is 0.300 bits per heavy atom. The fraction of sp³-hybridized carbons (Fsp3) is 0. The minimum Gasteiger partial charge on any atom is -0.203 e. The van der Waals surface area contributed by atoms with E-state index >= 15 is 0 Å². The molecule has 0 aromatic heterocycles. The van der Waals surface area contributed by atoms with Crippen LogP contribution in [0.15, 0.2) is 0 Å². The summed E-state index contributed by atoms with van der Waals surface area (Å²) in [5, 5.41) is -11.6. The maximum absolute atomic E-state index is 14.6. The first-order chi connectivity index (χ1) is 13.9. The number of benzene rings is 4. The molecule has 0 radical (unpaired) electrons. The SMILES string of the molecule is Fc1c(F)c(F)c2c(c1F)c(F)c(F)c1c3c(F)c(F)c(F)c(F)c3c(F)c(F)c21. The van der Waals surface area contributed by atoms with Crippen LogP contribution in [-0.4, -0.2) is 0 Å². The predicted octanol–water partition coefficient (Wildman–Crippen LogP) is 6.82. The minimum atomic E-state index is -2.65. The van der Waals surface area contributed by atoms with Crippen molar-refractivity contribution in [2.24, 2.45) is 0 Å². The van der Waals surface area contributed by atoms with Gasteiger partial charge in [-0.05, 0) is 0 Å². The summed E-state index contributed by atoms with van der Waals surface area (Å²) in [5.74, 6) is -30.8. The third kappa shape index (κ3) is 2.16. The van der Waals surface area contributed by atoms with Gasteiger partial charge in [0.15, 0.2) is 69.8 Å². The Labute approximate surface area is 155 Å². The minimum absolute atomic E-state index is 1.89. The van der Waals surface area contributed by atoms with Crippen LogP contribution in [0.1, 0.15) is 0 Å². The van der Waals surface area contributed by atoms with Crippen LogP contribution in [0.4, 0.5) is 52.7 Å². The number of hydrogen-bond donors (Lipinski definition) is 0. The van der Waals surface area contributed by atoms with Gasteiger partial charge in [0.1, 0.15) is 0 Å². The summed E-state index contributed by atoms with van der Waals surface area (Å²) in [4.78, 5) is 0. The first kappa shape index (κ1) is 20.1. The lowest BCUT2D eigenvalue weighted by Crippen LogP contribution is -2.07. The molecule has 4 rings (SSSR count). The molecule has 30 heavy (non-hydrogen) atoms. The van der Waals surface area contributed by atoms with E-state index in [0.717, 1.165) is 0 Å². The summed E-state index contributed by atoms with van der Waals surface area (Å²) >= 11 is 0. The lowest BCUT2D eigenvalue weighted by atomic mass is 9.93. The van der Waals surface area contributed by atoms with Crippen LogP contribution in [0.25, 0.3) is 32.3 Å². The summed E-state index contributed by atoms with van der Waals surface area (Å²) < 4.78 is 168. The molecule has 4 aromatic carbocycles. The van der Waals surface area contributed by atoms with E-state index in [0.29, 0.717) is 0 Å². The Bertz CT molecular complexity index is 1340. The van der Waals surface area contributed by atoms with Crippen LogP contribution >= 0.6 is 0 Å². The van der Waals surface area contributed by atoms with E-state index in [-0.39, 0.29) is 0 Å². The van der Waals surface area contributed by atoms with Crippen LogP contribution in [0.5, 0.6) is 0 Å². The summed E-state index contributed by atoms with van der Waals surface area (Å²) in [5.41, 5.74) is 0. The zero-order valence-electron chi connectivity index (χ0n) is 13.5. The average Bonchev–Trinajstić information content (AvgIpc) is 2.71. The van der Waals surface area contributed by atoms with Crippen LogP contribution in [0.3, 0.4) is 0 Å². The largest absolute Gasteiger partial charge is 0.203 e. The molecule has 0 saturated heterocycles. The lowest BCUT2D eigenvalue weighted by molar-refractivity contribution is 0.413. The van der Waals surface area contributed by atoms with Crippen molar-refractivity contribution in [2.45, 2.75) is 0 Å². The van der Waals surface area contributed by atoms with Crippen LogP contribution in [0, 0.1) is 69.8 Å². The maximum atomic E-state index is 14.6. The monoisotopic (exact) mass is 444 g/mol. The van der Waals surface area contributed by atoms with Gasteiger partial charge in [0.05, 0.1) is 10.8 Å². The molecule has 0 aliphatic carbocycles. The topological polar surface area (TPSA) is 0 Å². The second-order valence-electron chi connectivity index (χ2n) is 6.02. The van der Waals surface area contributed by atoms with E-state index in [9.17, 15) is 52.7 Å². The van der Waals surface area contributed by atoms with Crippen LogP contribution < -0.4 is 0 Å². The van der Waals surface area contributed by atoms with Gasteiger partial charge in [0.2, 0.25) is 0 Å². The number of hydrogen-bond acceptors (Lipinski definition) is 0. The van der Waals surface area contributed by atoms with Gasteiger partial charge in [-0.3, -0.25) is 0 Å². The Kier molecular flexibility index (Phi) is 4.13. The molecule has 0 spiro atoms. The molecule has 0 aliphatic heterocycles. The third-order valence-electron chi connectivity index (χ3n) is 4.55. The Hall–Kier alpha value is -3.18. The lowest BCUT2D eigenvalue weighted by Gasteiger charge is -2.15. The van der Waals surface area contributed by atoms with Gasteiger partial charge in [0, 0.05) is 21.5 Å². The van der Waals surface area contributed by atoms with Crippen molar-refractivity contribution in [1.82, 2.24) is 0 Å². The number of fused-ring (bicyclic) bond motifs is 5. The summed E-state index contributed by atoms with van der Waals surface area (Å²) in [6, 6.07) is 0. The highest BCUT2D eigenvalue weighted by atomic mass is 19.2. The molecule has 0 bridgehead atoms. The van der Waals surface area contributed by atoms with Crippen molar-refractivity contribution in [3.8, 4) is 0 Å². The van der Waals surface area contributed by atoms with Gasteiger partial charge in [-0.15, -0.1) is 0 Å². The number of halogens is 12. The molecule has 0 saturated carbocycles. The van der Waals surface area contributed by atoms with Gasteiger partial charge < -0.3 is 0 Å². The molecule has 0 atom stereocenters. The third-order valence-corrected chi connectivity index (χ3v) is 4.55. The first-order valence-electron chi connectivity index (χ1n) is 7.52. The van der Waals surface area contributed by atoms with E-state index < -0.39 is 102 Å². The summed E-state index contributed by atoms with van der Waals surface area (Å²) in [6.45, 7) is 0. The van der Waals surface area contributed by atoms with Gasteiger partial charge in [-0.25, -0.2) is 52.7 Å². The average molecular weight is 444 g/mol. The van der Waals surface area contributed by atoms with Gasteiger partial charge in [-0.1, -0.05) is 0 Å². The molecule has 0 heterocycles. The Morgan fingerprint density at radius 3 is 0.567 bits per heavy atom. The smallest absolute Gasteiger partial charge is 0.198 e. The second-order valence-corrected chi connectivity index (χ2v) is 6.02.